The van der Waals surface area contributed by atoms with Crippen LogP contribution in [0.15, 0.2) is 47.3 Å². The number of pyridine rings is 1. The van der Waals surface area contributed by atoms with Crippen molar-refractivity contribution in [1.82, 2.24) is 15.0 Å². The molecule has 0 fully saturated rings. The van der Waals surface area contributed by atoms with Crippen LogP contribution in [0.3, 0.4) is 0 Å². The van der Waals surface area contributed by atoms with Crippen LogP contribution < -0.4 is 5.32 Å². The minimum absolute atomic E-state index is 0.147. The molecule has 0 aliphatic carbocycles. The summed E-state index contributed by atoms with van der Waals surface area (Å²) in [4.78, 5) is 12.9. The summed E-state index contributed by atoms with van der Waals surface area (Å²) in [6.07, 6.45) is 3.29. The van der Waals surface area contributed by atoms with Crippen molar-refractivity contribution in [2.24, 2.45) is 0 Å². The number of nitrogens with zero attached hydrogens (tertiary/aromatic N) is 3. The molecular weight excluding hydrogens is 340 g/mol. The minimum Gasteiger partial charge on any atom is -0.338 e. The molecule has 5 heteroatoms. The Morgan fingerprint density at radius 3 is 2.41 bits per heavy atom. The Balaban J connectivity index is 1.93. The summed E-state index contributed by atoms with van der Waals surface area (Å²) in [5, 5.41) is 3.32. The Morgan fingerprint density at radius 1 is 1.00 bits per heavy atom. The van der Waals surface area contributed by atoms with E-state index in [4.69, 9.17) is 0 Å². The van der Waals surface area contributed by atoms with E-state index >= 15 is 0 Å². The number of hydrogen-bond donors (Lipinski definition) is 1. The molecular formula is C17H17BrN4. The molecule has 3 aromatic rings. The van der Waals surface area contributed by atoms with Gasteiger partial charge >= 0.3 is 0 Å². The highest BCUT2D eigenvalue weighted by molar-refractivity contribution is 9.10. The number of rotatable bonds is 2. The van der Waals surface area contributed by atoms with Gasteiger partial charge in [0.25, 0.3) is 0 Å². The monoisotopic (exact) mass is 356 g/mol. The maximum Gasteiger partial charge on any atom is 0.160 e. The second-order valence-corrected chi connectivity index (χ2v) is 7.11. The zero-order chi connectivity index (χ0) is 15.7. The molecule has 0 saturated heterocycles. The van der Waals surface area contributed by atoms with Crippen LogP contribution in [0.25, 0.3) is 11.0 Å². The van der Waals surface area contributed by atoms with E-state index in [1.54, 1.807) is 12.5 Å². The van der Waals surface area contributed by atoms with Crippen LogP contribution in [-0.4, -0.2) is 15.0 Å². The van der Waals surface area contributed by atoms with Gasteiger partial charge in [0, 0.05) is 16.4 Å². The van der Waals surface area contributed by atoms with Crippen molar-refractivity contribution in [2.45, 2.75) is 26.2 Å². The molecule has 0 unspecified atom stereocenters. The van der Waals surface area contributed by atoms with Gasteiger partial charge in [0.15, 0.2) is 5.82 Å². The van der Waals surface area contributed by atoms with Gasteiger partial charge in [-0.15, -0.1) is 0 Å². The Hall–Kier alpha value is -2.01. The Bertz CT molecular complexity index is 807. The van der Waals surface area contributed by atoms with Crippen molar-refractivity contribution >= 4 is 38.5 Å². The highest BCUT2D eigenvalue weighted by Crippen LogP contribution is 2.26. The SMILES string of the molecule is CC(C)(C)c1ccc(Nc2ncnc3cc(Br)cnc23)cc1. The smallest absolute Gasteiger partial charge is 0.160 e. The van der Waals surface area contributed by atoms with Crippen LogP contribution in [0.4, 0.5) is 11.5 Å². The topological polar surface area (TPSA) is 50.7 Å². The average molecular weight is 357 g/mol. The van der Waals surface area contributed by atoms with E-state index in [0.29, 0.717) is 5.82 Å². The fourth-order valence-corrected chi connectivity index (χ4v) is 2.52. The van der Waals surface area contributed by atoms with Gasteiger partial charge in [-0.25, -0.2) is 15.0 Å². The zero-order valence-electron chi connectivity index (χ0n) is 12.8. The molecule has 0 bridgehead atoms. The lowest BCUT2D eigenvalue weighted by molar-refractivity contribution is 0.590. The lowest BCUT2D eigenvalue weighted by atomic mass is 9.87. The van der Waals surface area contributed by atoms with Gasteiger partial charge in [-0.2, -0.15) is 0 Å². The van der Waals surface area contributed by atoms with E-state index in [1.807, 2.05) is 6.07 Å². The second kappa shape index (κ2) is 5.65. The molecule has 0 aliphatic rings. The molecule has 0 radical (unpaired) electrons. The summed E-state index contributed by atoms with van der Waals surface area (Å²) in [6.45, 7) is 6.61. The molecule has 112 valence electrons. The summed E-state index contributed by atoms with van der Waals surface area (Å²) >= 11 is 3.41. The van der Waals surface area contributed by atoms with Crippen LogP contribution in [0.1, 0.15) is 26.3 Å². The van der Waals surface area contributed by atoms with Gasteiger partial charge in [-0.05, 0) is 45.1 Å². The Morgan fingerprint density at radius 2 is 1.73 bits per heavy atom. The summed E-state index contributed by atoms with van der Waals surface area (Å²) in [5.74, 6) is 0.709. The predicted molar refractivity (Wildman–Crippen MR) is 93.5 cm³/mol. The maximum absolute atomic E-state index is 4.40. The molecule has 3 rings (SSSR count). The van der Waals surface area contributed by atoms with Crippen molar-refractivity contribution in [2.75, 3.05) is 5.32 Å². The number of hydrogen-bond acceptors (Lipinski definition) is 4. The van der Waals surface area contributed by atoms with Crippen molar-refractivity contribution in [3.63, 3.8) is 0 Å². The van der Waals surface area contributed by atoms with E-state index in [0.717, 1.165) is 21.2 Å². The standard InChI is InChI=1S/C17H17BrN4/c1-17(2,3)11-4-6-13(7-5-11)22-16-15-14(20-10-21-16)8-12(18)9-19-15/h4-10H,1-3H3,(H,20,21,22). The number of aromatic nitrogens is 3. The van der Waals surface area contributed by atoms with Gasteiger partial charge in [-0.3, -0.25) is 0 Å². The van der Waals surface area contributed by atoms with Crippen LogP contribution >= 0.6 is 15.9 Å². The number of nitrogens with one attached hydrogen (secondary N) is 1. The third kappa shape index (κ3) is 3.09. The molecule has 1 N–H and O–H groups in total. The van der Waals surface area contributed by atoms with Crippen molar-refractivity contribution in [3.05, 3.63) is 52.9 Å². The maximum atomic E-state index is 4.40. The van der Waals surface area contributed by atoms with Gasteiger partial charge in [0.05, 0.1) is 5.52 Å². The quantitative estimate of drug-likeness (QED) is 0.714. The Labute approximate surface area is 138 Å². The number of benzene rings is 1. The third-order valence-electron chi connectivity index (χ3n) is 3.46. The van der Waals surface area contributed by atoms with E-state index in [-0.39, 0.29) is 5.41 Å². The number of anilines is 2. The van der Waals surface area contributed by atoms with Crippen LogP contribution in [0, 0.1) is 0 Å². The third-order valence-corrected chi connectivity index (χ3v) is 3.89. The Kier molecular flexibility index (Phi) is 3.83. The fraction of sp³-hybridized carbons (Fsp3) is 0.235. The predicted octanol–water partition coefficient (Wildman–Crippen LogP) is 4.83. The fourth-order valence-electron chi connectivity index (χ4n) is 2.20. The van der Waals surface area contributed by atoms with Gasteiger partial charge in [0.1, 0.15) is 11.8 Å². The van der Waals surface area contributed by atoms with Crippen LogP contribution in [-0.2, 0) is 5.41 Å². The molecule has 22 heavy (non-hydrogen) atoms. The van der Waals surface area contributed by atoms with Crippen LogP contribution in [0.5, 0.6) is 0 Å². The van der Waals surface area contributed by atoms with E-state index < -0.39 is 0 Å². The molecule has 4 nitrogen and oxygen atoms in total. The van der Waals surface area contributed by atoms with Gasteiger partial charge < -0.3 is 5.32 Å². The highest BCUT2D eigenvalue weighted by Gasteiger charge is 2.13. The normalized spacial score (nSPS) is 11.6. The first-order valence-corrected chi connectivity index (χ1v) is 7.86. The van der Waals surface area contributed by atoms with Gasteiger partial charge in [0.2, 0.25) is 0 Å². The van der Waals surface area contributed by atoms with E-state index in [1.165, 1.54) is 5.56 Å². The lowest BCUT2D eigenvalue weighted by Gasteiger charge is -2.19. The summed E-state index contributed by atoms with van der Waals surface area (Å²) in [7, 11) is 0. The molecule has 0 atom stereocenters. The molecule has 0 spiro atoms. The van der Waals surface area contributed by atoms with Crippen molar-refractivity contribution < 1.29 is 0 Å². The minimum atomic E-state index is 0.147. The zero-order valence-corrected chi connectivity index (χ0v) is 14.3. The lowest BCUT2D eigenvalue weighted by Crippen LogP contribution is -2.10. The molecule has 1 aromatic carbocycles. The van der Waals surface area contributed by atoms with E-state index in [2.05, 4.69) is 81.2 Å². The first-order valence-electron chi connectivity index (χ1n) is 7.07. The van der Waals surface area contributed by atoms with Crippen LogP contribution in [0.2, 0.25) is 0 Å². The van der Waals surface area contributed by atoms with Crippen molar-refractivity contribution in [3.8, 4) is 0 Å². The van der Waals surface area contributed by atoms with Crippen molar-refractivity contribution in [1.29, 1.82) is 0 Å². The first kappa shape index (κ1) is 14.9. The molecule has 2 aromatic heterocycles. The molecule has 0 aliphatic heterocycles. The molecule has 0 amide bonds. The second-order valence-electron chi connectivity index (χ2n) is 6.20. The average Bonchev–Trinajstić information content (AvgIpc) is 2.47. The number of halogens is 1. The van der Waals surface area contributed by atoms with Gasteiger partial charge in [-0.1, -0.05) is 32.9 Å². The largest absolute Gasteiger partial charge is 0.338 e. The molecule has 0 saturated carbocycles. The molecule has 2 heterocycles. The van der Waals surface area contributed by atoms with E-state index in [9.17, 15) is 0 Å². The summed E-state index contributed by atoms with van der Waals surface area (Å²) < 4.78 is 0.902. The summed E-state index contributed by atoms with van der Waals surface area (Å²) in [5.41, 5.74) is 3.99. The summed E-state index contributed by atoms with van der Waals surface area (Å²) in [6, 6.07) is 10.3. The number of fused-ring (bicyclic) bond motifs is 1. The highest BCUT2D eigenvalue weighted by atomic mass is 79.9. The first-order chi connectivity index (χ1) is 10.4.